The summed E-state index contributed by atoms with van der Waals surface area (Å²) in [5.41, 5.74) is 3.71. The molecule has 0 aliphatic carbocycles. The molecular weight excluding hydrogens is 296 g/mol. The third kappa shape index (κ3) is 4.11. The van der Waals surface area contributed by atoms with Gasteiger partial charge in [-0.25, -0.2) is 0 Å². The van der Waals surface area contributed by atoms with E-state index >= 15 is 0 Å². The molecule has 1 N–H and O–H groups in total. The quantitative estimate of drug-likeness (QED) is 0.663. The SMILES string of the molecule is O=C(CCc1ccccc1)c1ccc(Cc2ccccc2)cc1O. The molecule has 120 valence electrons. The Morgan fingerprint density at radius 3 is 2.00 bits per heavy atom. The van der Waals surface area contributed by atoms with Gasteiger partial charge in [-0.1, -0.05) is 66.7 Å². The summed E-state index contributed by atoms with van der Waals surface area (Å²) in [5.74, 6) is 0.0455. The second-order valence-corrected chi connectivity index (χ2v) is 5.92. The zero-order chi connectivity index (χ0) is 16.8. The molecule has 0 radical (unpaired) electrons. The van der Waals surface area contributed by atoms with Crippen molar-refractivity contribution < 1.29 is 9.90 Å². The first-order chi connectivity index (χ1) is 11.7. The van der Waals surface area contributed by atoms with E-state index in [0.717, 1.165) is 17.5 Å². The lowest BCUT2D eigenvalue weighted by Crippen LogP contribution is -2.02. The van der Waals surface area contributed by atoms with Gasteiger partial charge in [0, 0.05) is 6.42 Å². The van der Waals surface area contributed by atoms with Crippen molar-refractivity contribution >= 4 is 5.78 Å². The first-order valence-electron chi connectivity index (χ1n) is 8.15. The number of aryl methyl sites for hydroxylation is 1. The van der Waals surface area contributed by atoms with E-state index in [4.69, 9.17) is 0 Å². The third-order valence-electron chi connectivity index (χ3n) is 4.10. The zero-order valence-electron chi connectivity index (χ0n) is 13.5. The molecule has 24 heavy (non-hydrogen) atoms. The third-order valence-corrected chi connectivity index (χ3v) is 4.10. The Morgan fingerprint density at radius 2 is 1.38 bits per heavy atom. The lowest BCUT2D eigenvalue weighted by molar-refractivity contribution is 0.0980. The molecule has 0 aliphatic rings. The molecule has 0 amide bonds. The van der Waals surface area contributed by atoms with Gasteiger partial charge in [0.2, 0.25) is 0 Å². The Kier molecular flexibility index (Phi) is 5.07. The number of carbonyl (C=O) groups excluding carboxylic acids is 1. The van der Waals surface area contributed by atoms with Gasteiger partial charge < -0.3 is 5.11 Å². The second-order valence-electron chi connectivity index (χ2n) is 5.92. The molecule has 0 spiro atoms. The number of phenols is 1. The van der Waals surface area contributed by atoms with Gasteiger partial charge in [-0.05, 0) is 41.7 Å². The average Bonchev–Trinajstić information content (AvgIpc) is 2.61. The molecule has 0 fully saturated rings. The summed E-state index contributed by atoms with van der Waals surface area (Å²) in [6.45, 7) is 0. The maximum Gasteiger partial charge on any atom is 0.166 e. The van der Waals surface area contributed by atoms with Crippen molar-refractivity contribution in [3.63, 3.8) is 0 Å². The van der Waals surface area contributed by atoms with Crippen molar-refractivity contribution in [2.45, 2.75) is 19.3 Å². The van der Waals surface area contributed by atoms with Crippen molar-refractivity contribution in [3.8, 4) is 5.75 Å². The molecule has 3 aromatic carbocycles. The standard InChI is InChI=1S/C22H20O2/c23-21(14-12-17-7-3-1-4-8-17)20-13-11-19(16-22(20)24)15-18-9-5-2-6-10-18/h1-11,13,16,24H,12,14-15H2. The van der Waals surface area contributed by atoms with Gasteiger partial charge in [-0.3, -0.25) is 4.79 Å². The van der Waals surface area contributed by atoms with E-state index in [2.05, 4.69) is 12.1 Å². The van der Waals surface area contributed by atoms with Crippen LogP contribution < -0.4 is 0 Å². The summed E-state index contributed by atoms with van der Waals surface area (Å²) in [5, 5.41) is 10.2. The van der Waals surface area contributed by atoms with Gasteiger partial charge in [-0.2, -0.15) is 0 Å². The average molecular weight is 316 g/mol. The number of rotatable bonds is 6. The van der Waals surface area contributed by atoms with Crippen LogP contribution in [0.15, 0.2) is 78.9 Å². The van der Waals surface area contributed by atoms with Gasteiger partial charge in [-0.15, -0.1) is 0 Å². The second kappa shape index (κ2) is 7.60. The van der Waals surface area contributed by atoms with E-state index in [1.54, 1.807) is 12.1 Å². The van der Waals surface area contributed by atoms with E-state index in [1.807, 2.05) is 54.6 Å². The fourth-order valence-electron chi connectivity index (χ4n) is 2.79. The first-order valence-corrected chi connectivity index (χ1v) is 8.15. The maximum atomic E-state index is 12.3. The van der Waals surface area contributed by atoms with Crippen molar-refractivity contribution in [1.29, 1.82) is 0 Å². The minimum Gasteiger partial charge on any atom is -0.507 e. The van der Waals surface area contributed by atoms with Gasteiger partial charge in [0.1, 0.15) is 5.75 Å². The molecule has 3 aromatic rings. The van der Waals surface area contributed by atoms with Crippen LogP contribution in [0.2, 0.25) is 0 Å². The van der Waals surface area contributed by atoms with Crippen LogP contribution in [0.1, 0.15) is 33.5 Å². The first kappa shape index (κ1) is 16.0. The van der Waals surface area contributed by atoms with E-state index in [-0.39, 0.29) is 11.5 Å². The molecule has 0 atom stereocenters. The van der Waals surface area contributed by atoms with Crippen molar-refractivity contribution in [3.05, 3.63) is 101 Å². The van der Waals surface area contributed by atoms with Gasteiger partial charge in [0.05, 0.1) is 5.56 Å². The van der Waals surface area contributed by atoms with E-state index in [1.165, 1.54) is 5.56 Å². The molecule has 3 rings (SSSR count). The minimum atomic E-state index is -0.0254. The molecule has 2 nitrogen and oxygen atoms in total. The summed E-state index contributed by atoms with van der Waals surface area (Å²) in [4.78, 5) is 12.3. The van der Waals surface area contributed by atoms with Gasteiger partial charge >= 0.3 is 0 Å². The summed E-state index contributed by atoms with van der Waals surface area (Å²) in [6.07, 6.45) is 1.83. The number of carbonyl (C=O) groups is 1. The number of hydrogen-bond donors (Lipinski definition) is 1. The van der Waals surface area contributed by atoms with E-state index in [0.29, 0.717) is 18.4 Å². The predicted octanol–water partition coefficient (Wildman–Crippen LogP) is 4.80. The van der Waals surface area contributed by atoms with Gasteiger partial charge in [0.25, 0.3) is 0 Å². The van der Waals surface area contributed by atoms with Crippen LogP contribution in [0.25, 0.3) is 0 Å². The number of ketones is 1. The Balaban J connectivity index is 1.67. The fraction of sp³-hybridized carbons (Fsp3) is 0.136. The molecule has 2 heteroatoms. The Hall–Kier alpha value is -2.87. The van der Waals surface area contributed by atoms with Crippen LogP contribution in [-0.2, 0) is 12.8 Å². The molecule has 0 saturated heterocycles. The number of phenolic OH excluding ortho intramolecular Hbond substituents is 1. The molecular formula is C22H20O2. The molecule has 0 aromatic heterocycles. The summed E-state index contributed by atoms with van der Waals surface area (Å²) in [7, 11) is 0. The minimum absolute atomic E-state index is 0.0254. The molecule has 0 bridgehead atoms. The van der Waals surface area contributed by atoms with E-state index in [9.17, 15) is 9.90 Å². The Labute approximate surface area is 142 Å². The smallest absolute Gasteiger partial charge is 0.166 e. The van der Waals surface area contributed by atoms with Crippen molar-refractivity contribution in [1.82, 2.24) is 0 Å². The maximum absolute atomic E-state index is 12.3. The number of hydrogen-bond acceptors (Lipinski definition) is 2. The number of Topliss-reactive ketones (excluding diaryl/α,β-unsaturated/α-hetero) is 1. The summed E-state index contributed by atoms with van der Waals surface area (Å²) in [6, 6.07) is 25.3. The highest BCUT2D eigenvalue weighted by molar-refractivity contribution is 5.98. The van der Waals surface area contributed by atoms with Gasteiger partial charge in [0.15, 0.2) is 5.78 Å². The van der Waals surface area contributed by atoms with Crippen molar-refractivity contribution in [2.24, 2.45) is 0 Å². The normalized spacial score (nSPS) is 10.5. The van der Waals surface area contributed by atoms with Crippen LogP contribution in [0, 0.1) is 0 Å². The van der Waals surface area contributed by atoms with E-state index < -0.39 is 0 Å². The van der Waals surface area contributed by atoms with Crippen LogP contribution in [0.5, 0.6) is 5.75 Å². The van der Waals surface area contributed by atoms with Crippen LogP contribution in [-0.4, -0.2) is 10.9 Å². The van der Waals surface area contributed by atoms with Crippen molar-refractivity contribution in [2.75, 3.05) is 0 Å². The molecule has 0 aliphatic heterocycles. The molecule has 0 unspecified atom stereocenters. The summed E-state index contributed by atoms with van der Waals surface area (Å²) >= 11 is 0. The zero-order valence-corrected chi connectivity index (χ0v) is 13.5. The highest BCUT2D eigenvalue weighted by Crippen LogP contribution is 2.22. The molecule has 0 saturated carbocycles. The summed E-state index contributed by atoms with van der Waals surface area (Å²) < 4.78 is 0. The lowest BCUT2D eigenvalue weighted by Gasteiger charge is -2.07. The Bertz CT molecular complexity index is 808. The molecule has 0 heterocycles. The lowest BCUT2D eigenvalue weighted by atomic mass is 9.98. The topological polar surface area (TPSA) is 37.3 Å². The number of aromatic hydroxyl groups is 1. The Morgan fingerprint density at radius 1 is 0.750 bits per heavy atom. The predicted molar refractivity (Wildman–Crippen MR) is 96.4 cm³/mol. The fourth-order valence-corrected chi connectivity index (χ4v) is 2.79. The monoisotopic (exact) mass is 316 g/mol. The highest BCUT2D eigenvalue weighted by Gasteiger charge is 2.12. The van der Waals surface area contributed by atoms with Crippen LogP contribution in [0.4, 0.5) is 0 Å². The van der Waals surface area contributed by atoms with Crippen LogP contribution >= 0.6 is 0 Å². The van der Waals surface area contributed by atoms with Crippen LogP contribution in [0.3, 0.4) is 0 Å². The highest BCUT2D eigenvalue weighted by atomic mass is 16.3. The largest absolute Gasteiger partial charge is 0.507 e. The number of benzene rings is 3.